The smallest absolute Gasteiger partial charge is 0.147 e. The van der Waals surface area contributed by atoms with E-state index in [2.05, 4.69) is 28.5 Å². The summed E-state index contributed by atoms with van der Waals surface area (Å²) in [6, 6.07) is 11.5. The Bertz CT molecular complexity index is 1240. The summed E-state index contributed by atoms with van der Waals surface area (Å²) in [4.78, 5) is 4.59. The topological polar surface area (TPSA) is 48.2 Å². The van der Waals surface area contributed by atoms with Crippen LogP contribution in [0.25, 0.3) is 21.8 Å². The average molecular weight is 471 g/mol. The van der Waals surface area contributed by atoms with E-state index in [0.29, 0.717) is 33.8 Å². The zero-order valence-electron chi connectivity index (χ0n) is 17.1. The number of aromatic nitrogens is 2. The van der Waals surface area contributed by atoms with E-state index in [1.54, 1.807) is 23.5 Å². The van der Waals surface area contributed by atoms with Crippen LogP contribution in [0.1, 0.15) is 41.3 Å². The molecule has 2 aromatic carbocycles. The summed E-state index contributed by atoms with van der Waals surface area (Å²) in [7, 11) is 0. The van der Waals surface area contributed by atoms with Crippen molar-refractivity contribution in [1.29, 1.82) is 0 Å². The molecule has 0 bridgehead atoms. The van der Waals surface area contributed by atoms with Gasteiger partial charge in [-0.3, -0.25) is 0 Å². The molecule has 0 spiro atoms. The summed E-state index contributed by atoms with van der Waals surface area (Å²) in [6.45, 7) is 4.41. The summed E-state index contributed by atoms with van der Waals surface area (Å²) in [5.74, 6) is 2.05. The Balaban J connectivity index is 1.44. The lowest BCUT2D eigenvalue weighted by molar-refractivity contribution is 0.300. The van der Waals surface area contributed by atoms with E-state index in [1.165, 1.54) is 0 Å². The minimum Gasteiger partial charge on any atom is -0.489 e. The van der Waals surface area contributed by atoms with E-state index in [9.17, 15) is 0 Å². The van der Waals surface area contributed by atoms with Crippen molar-refractivity contribution < 1.29 is 9.26 Å². The molecule has 5 rings (SSSR count). The van der Waals surface area contributed by atoms with Crippen LogP contribution in [0, 0.1) is 13.8 Å². The lowest BCUT2D eigenvalue weighted by Gasteiger charge is -2.11. The molecule has 4 aromatic rings. The highest BCUT2D eigenvalue weighted by Crippen LogP contribution is 2.46. The fraction of sp³-hybridized carbons (Fsp3) is 0.250. The first-order valence-corrected chi connectivity index (χ1v) is 11.7. The second kappa shape index (κ2) is 8.30. The van der Waals surface area contributed by atoms with Crippen molar-refractivity contribution in [3.8, 4) is 27.6 Å². The van der Waals surface area contributed by atoms with Gasteiger partial charge in [0.15, 0.2) is 0 Å². The number of halogens is 2. The summed E-state index contributed by atoms with van der Waals surface area (Å²) >= 11 is 14.5. The number of rotatable bonds is 6. The van der Waals surface area contributed by atoms with Gasteiger partial charge in [-0.15, -0.1) is 11.3 Å². The third-order valence-electron chi connectivity index (χ3n) is 5.40. The van der Waals surface area contributed by atoms with Gasteiger partial charge < -0.3 is 9.26 Å². The van der Waals surface area contributed by atoms with Gasteiger partial charge in [-0.1, -0.05) is 34.4 Å². The van der Waals surface area contributed by atoms with Gasteiger partial charge in [-0.25, -0.2) is 4.98 Å². The molecule has 0 aliphatic heterocycles. The van der Waals surface area contributed by atoms with Crippen molar-refractivity contribution in [2.45, 2.75) is 39.2 Å². The number of hydrogen-bond acceptors (Lipinski definition) is 5. The van der Waals surface area contributed by atoms with Crippen molar-refractivity contribution in [3.63, 3.8) is 0 Å². The fourth-order valence-electron chi connectivity index (χ4n) is 3.65. The summed E-state index contributed by atoms with van der Waals surface area (Å²) < 4.78 is 11.9. The fourth-order valence-corrected chi connectivity index (χ4v) is 5.11. The highest BCUT2D eigenvalue weighted by molar-refractivity contribution is 7.13. The molecule has 0 atom stereocenters. The van der Waals surface area contributed by atoms with Crippen LogP contribution in [0.2, 0.25) is 10.0 Å². The molecule has 4 nitrogen and oxygen atoms in total. The first kappa shape index (κ1) is 20.6. The number of nitrogens with zero attached hydrogens (tertiary/aromatic N) is 2. The minimum atomic E-state index is 0.335. The standard InChI is InChI=1S/C24H20Cl2N2O2S/c1-13-10-16(8-9-17(13)24-27-14(2)12-31-24)29-11-18-22(28-30-23(18)15-6-7-15)21-19(25)4-3-5-20(21)26/h3-5,8-10,12,15H,6-7,11H2,1-2H3. The van der Waals surface area contributed by atoms with E-state index in [1.807, 2.05) is 25.1 Å². The van der Waals surface area contributed by atoms with Gasteiger partial charge in [-0.2, -0.15) is 0 Å². The molecule has 2 heterocycles. The normalized spacial score (nSPS) is 13.5. The van der Waals surface area contributed by atoms with Gasteiger partial charge in [0.2, 0.25) is 0 Å². The van der Waals surface area contributed by atoms with E-state index >= 15 is 0 Å². The summed E-state index contributed by atoms with van der Waals surface area (Å²) in [5.41, 5.74) is 5.53. The van der Waals surface area contributed by atoms with Crippen LogP contribution < -0.4 is 4.74 Å². The number of thiazole rings is 1. The SMILES string of the molecule is Cc1csc(-c2ccc(OCc3c(-c4c(Cl)cccc4Cl)noc3C3CC3)cc2C)n1. The molecule has 7 heteroatoms. The summed E-state index contributed by atoms with van der Waals surface area (Å²) in [5, 5.41) is 8.50. The predicted octanol–water partition coefficient (Wildman–Crippen LogP) is 7.85. The lowest BCUT2D eigenvalue weighted by atomic mass is 10.0. The van der Waals surface area contributed by atoms with E-state index < -0.39 is 0 Å². The molecule has 1 saturated carbocycles. The third kappa shape index (κ3) is 4.10. The number of ether oxygens (including phenoxy) is 1. The van der Waals surface area contributed by atoms with Crippen LogP contribution in [0.15, 0.2) is 46.3 Å². The Kier molecular flexibility index (Phi) is 5.51. The van der Waals surface area contributed by atoms with Gasteiger partial charge in [0, 0.05) is 28.1 Å². The van der Waals surface area contributed by atoms with Crippen LogP contribution in [0.3, 0.4) is 0 Å². The molecule has 0 N–H and O–H groups in total. The molecule has 1 aliphatic rings. The van der Waals surface area contributed by atoms with Crippen LogP contribution in [-0.2, 0) is 6.61 Å². The Morgan fingerprint density at radius 1 is 1.13 bits per heavy atom. The second-order valence-electron chi connectivity index (χ2n) is 7.80. The maximum Gasteiger partial charge on any atom is 0.147 e. The lowest BCUT2D eigenvalue weighted by Crippen LogP contribution is -2.00. The number of benzene rings is 2. The Labute approximate surface area is 194 Å². The highest BCUT2D eigenvalue weighted by atomic mass is 35.5. The van der Waals surface area contributed by atoms with Crippen LogP contribution in [0.5, 0.6) is 5.75 Å². The van der Waals surface area contributed by atoms with Gasteiger partial charge in [0.25, 0.3) is 0 Å². The zero-order valence-corrected chi connectivity index (χ0v) is 19.4. The van der Waals surface area contributed by atoms with Crippen molar-refractivity contribution in [3.05, 3.63) is 74.4 Å². The van der Waals surface area contributed by atoms with E-state index in [4.69, 9.17) is 32.5 Å². The predicted molar refractivity (Wildman–Crippen MR) is 125 cm³/mol. The monoisotopic (exact) mass is 470 g/mol. The van der Waals surface area contributed by atoms with Crippen molar-refractivity contribution in [1.82, 2.24) is 10.1 Å². The van der Waals surface area contributed by atoms with E-state index in [0.717, 1.165) is 51.7 Å². The average Bonchev–Trinajstić information content (AvgIpc) is 3.36. The molecule has 1 aliphatic carbocycles. The van der Waals surface area contributed by atoms with E-state index in [-0.39, 0.29) is 0 Å². The van der Waals surface area contributed by atoms with Gasteiger partial charge >= 0.3 is 0 Å². The molecule has 0 amide bonds. The molecule has 2 aromatic heterocycles. The van der Waals surface area contributed by atoms with Crippen molar-refractivity contribution >= 4 is 34.5 Å². The molecular weight excluding hydrogens is 451 g/mol. The first-order chi connectivity index (χ1) is 15.0. The molecule has 1 fully saturated rings. The Morgan fingerprint density at radius 3 is 2.55 bits per heavy atom. The summed E-state index contributed by atoms with van der Waals surface area (Å²) in [6.07, 6.45) is 2.19. The number of hydrogen-bond donors (Lipinski definition) is 0. The minimum absolute atomic E-state index is 0.335. The molecule has 158 valence electrons. The largest absolute Gasteiger partial charge is 0.489 e. The second-order valence-corrected chi connectivity index (χ2v) is 9.48. The molecule has 31 heavy (non-hydrogen) atoms. The van der Waals surface area contributed by atoms with Gasteiger partial charge in [0.05, 0.1) is 15.6 Å². The Hall–Kier alpha value is -2.34. The number of aryl methyl sites for hydroxylation is 2. The highest BCUT2D eigenvalue weighted by Gasteiger charge is 2.33. The molecule has 0 radical (unpaired) electrons. The maximum absolute atomic E-state index is 6.44. The van der Waals surface area contributed by atoms with Gasteiger partial charge in [-0.05, 0) is 62.6 Å². The third-order valence-corrected chi connectivity index (χ3v) is 7.02. The van der Waals surface area contributed by atoms with Crippen LogP contribution in [-0.4, -0.2) is 10.1 Å². The first-order valence-electron chi connectivity index (χ1n) is 10.1. The van der Waals surface area contributed by atoms with Gasteiger partial charge in [0.1, 0.15) is 28.8 Å². The molecule has 0 unspecified atom stereocenters. The Morgan fingerprint density at radius 2 is 1.90 bits per heavy atom. The maximum atomic E-state index is 6.44. The molecule has 0 saturated heterocycles. The quantitative estimate of drug-likeness (QED) is 0.287. The van der Waals surface area contributed by atoms with Crippen molar-refractivity contribution in [2.75, 3.05) is 0 Å². The zero-order chi connectivity index (χ0) is 21.5. The van der Waals surface area contributed by atoms with Crippen LogP contribution in [0.4, 0.5) is 0 Å². The molecular formula is C24H20Cl2N2O2S. The van der Waals surface area contributed by atoms with Crippen molar-refractivity contribution in [2.24, 2.45) is 0 Å². The van der Waals surface area contributed by atoms with Crippen LogP contribution >= 0.6 is 34.5 Å².